The fourth-order valence-corrected chi connectivity index (χ4v) is 3.29. The molecule has 0 aliphatic heterocycles. The molecule has 0 spiro atoms. The molecule has 3 rings (SSSR count). The van der Waals surface area contributed by atoms with E-state index in [0.717, 1.165) is 16.3 Å². The molecule has 0 aliphatic rings. The number of hydrogen-bond acceptors (Lipinski definition) is 5. The first-order chi connectivity index (χ1) is 12.6. The average molecular weight is 368 g/mol. The first-order valence-corrected chi connectivity index (χ1v) is 8.99. The van der Waals surface area contributed by atoms with E-state index in [0.29, 0.717) is 17.2 Å². The number of anilines is 1. The van der Waals surface area contributed by atoms with Crippen molar-refractivity contribution >= 4 is 22.9 Å². The molecular formula is C20H20N2O3S. The van der Waals surface area contributed by atoms with Gasteiger partial charge >= 0.3 is 0 Å². The lowest BCUT2D eigenvalue weighted by molar-refractivity contribution is -0.115. The molecule has 5 nitrogen and oxygen atoms in total. The Bertz CT molecular complexity index is 881. The number of carbonyl (C=O) groups excluding carboxylic acids is 1. The van der Waals surface area contributed by atoms with Crippen molar-refractivity contribution in [2.24, 2.45) is 0 Å². The van der Waals surface area contributed by atoms with Gasteiger partial charge in [0.25, 0.3) is 0 Å². The number of carbonyl (C=O) groups is 1. The van der Waals surface area contributed by atoms with Crippen LogP contribution in [0.1, 0.15) is 11.3 Å². The third-order valence-electron chi connectivity index (χ3n) is 3.83. The van der Waals surface area contributed by atoms with Gasteiger partial charge in [-0.15, -0.1) is 11.3 Å². The molecule has 0 saturated heterocycles. The smallest absolute Gasteiger partial charge is 0.230 e. The topological polar surface area (TPSA) is 60.5 Å². The predicted octanol–water partition coefficient (Wildman–Crippen LogP) is 4.32. The fraction of sp³-hybridized carbons (Fsp3) is 0.200. The van der Waals surface area contributed by atoms with Crippen LogP contribution in [0.3, 0.4) is 0 Å². The van der Waals surface area contributed by atoms with E-state index in [1.165, 1.54) is 16.9 Å². The van der Waals surface area contributed by atoms with E-state index in [2.05, 4.69) is 29.4 Å². The van der Waals surface area contributed by atoms with Gasteiger partial charge in [-0.05, 0) is 6.92 Å². The van der Waals surface area contributed by atoms with Gasteiger partial charge in [-0.25, -0.2) is 4.98 Å². The zero-order valence-electron chi connectivity index (χ0n) is 14.9. The largest absolute Gasteiger partial charge is 0.497 e. The summed E-state index contributed by atoms with van der Waals surface area (Å²) < 4.78 is 10.4. The van der Waals surface area contributed by atoms with Gasteiger partial charge in [0, 0.05) is 34.8 Å². The Hall–Kier alpha value is -2.86. The maximum atomic E-state index is 12.3. The number of thiazole rings is 1. The number of aromatic nitrogens is 1. The maximum absolute atomic E-state index is 12.3. The van der Waals surface area contributed by atoms with E-state index in [4.69, 9.17) is 9.47 Å². The van der Waals surface area contributed by atoms with Gasteiger partial charge in [-0.1, -0.05) is 29.8 Å². The lowest BCUT2D eigenvalue weighted by Crippen LogP contribution is -2.14. The lowest BCUT2D eigenvalue weighted by Gasteiger charge is -2.09. The van der Waals surface area contributed by atoms with Gasteiger partial charge in [-0.2, -0.15) is 0 Å². The van der Waals surface area contributed by atoms with Crippen LogP contribution < -0.4 is 14.8 Å². The van der Waals surface area contributed by atoms with Crippen LogP contribution in [0.5, 0.6) is 11.5 Å². The summed E-state index contributed by atoms with van der Waals surface area (Å²) in [6, 6.07) is 13.4. The molecule has 0 bridgehead atoms. The second-order valence-electron chi connectivity index (χ2n) is 5.84. The van der Waals surface area contributed by atoms with Gasteiger partial charge in [0.15, 0.2) is 0 Å². The van der Waals surface area contributed by atoms with Crippen molar-refractivity contribution in [2.45, 2.75) is 13.3 Å². The second kappa shape index (κ2) is 8.01. The molecule has 1 N–H and O–H groups in total. The highest BCUT2D eigenvalue weighted by Gasteiger charge is 2.11. The number of aryl methyl sites for hydroxylation is 1. The van der Waals surface area contributed by atoms with E-state index in [1.54, 1.807) is 32.4 Å². The highest BCUT2D eigenvalue weighted by atomic mass is 32.1. The van der Waals surface area contributed by atoms with Crippen molar-refractivity contribution in [3.05, 3.63) is 59.1 Å². The Labute approximate surface area is 156 Å². The normalized spacial score (nSPS) is 10.4. The van der Waals surface area contributed by atoms with E-state index in [9.17, 15) is 4.79 Å². The molecular weight excluding hydrogens is 348 g/mol. The van der Waals surface area contributed by atoms with Crippen LogP contribution >= 0.6 is 11.3 Å². The first kappa shape index (κ1) is 17.9. The van der Waals surface area contributed by atoms with Gasteiger partial charge in [0.2, 0.25) is 5.91 Å². The van der Waals surface area contributed by atoms with Crippen molar-refractivity contribution in [1.29, 1.82) is 0 Å². The van der Waals surface area contributed by atoms with Crippen LogP contribution in [-0.2, 0) is 11.2 Å². The Morgan fingerprint density at radius 3 is 2.35 bits per heavy atom. The lowest BCUT2D eigenvalue weighted by atomic mass is 10.2. The third-order valence-corrected chi connectivity index (χ3v) is 4.77. The summed E-state index contributed by atoms with van der Waals surface area (Å²) in [6.07, 6.45) is 0.210. The highest BCUT2D eigenvalue weighted by molar-refractivity contribution is 7.13. The Morgan fingerprint density at radius 1 is 1.08 bits per heavy atom. The van der Waals surface area contributed by atoms with Gasteiger partial charge in [-0.3, -0.25) is 4.79 Å². The fourth-order valence-electron chi connectivity index (χ4n) is 2.47. The van der Waals surface area contributed by atoms with Crippen molar-refractivity contribution in [1.82, 2.24) is 4.98 Å². The molecule has 0 atom stereocenters. The second-order valence-corrected chi connectivity index (χ2v) is 6.69. The standard InChI is InChI=1S/C20H20N2O3S/c1-13-4-6-14(7-5-13)20-22-16(12-26-20)10-19(23)21-15-8-17(24-2)11-18(9-15)25-3/h4-9,11-12H,10H2,1-3H3,(H,21,23). The Balaban J connectivity index is 1.68. The molecule has 3 aromatic rings. The Morgan fingerprint density at radius 2 is 1.73 bits per heavy atom. The number of hydrogen-bond donors (Lipinski definition) is 1. The summed E-state index contributed by atoms with van der Waals surface area (Å²) in [5.41, 5.74) is 3.64. The van der Waals surface area contributed by atoms with Crippen molar-refractivity contribution in [3.63, 3.8) is 0 Å². The molecule has 0 fully saturated rings. The van der Waals surface area contributed by atoms with Crippen LogP contribution in [0.25, 0.3) is 10.6 Å². The molecule has 0 aliphatic carbocycles. The van der Waals surface area contributed by atoms with Crippen molar-refractivity contribution in [2.75, 3.05) is 19.5 Å². The number of rotatable bonds is 6. The number of nitrogens with zero attached hydrogens (tertiary/aromatic N) is 1. The van der Waals surface area contributed by atoms with Crippen molar-refractivity contribution in [3.8, 4) is 22.1 Å². The summed E-state index contributed by atoms with van der Waals surface area (Å²) in [6.45, 7) is 2.05. The van der Waals surface area contributed by atoms with E-state index < -0.39 is 0 Å². The molecule has 0 unspecified atom stereocenters. The molecule has 1 aromatic heterocycles. The van der Waals surface area contributed by atoms with Crippen LogP contribution in [0.4, 0.5) is 5.69 Å². The van der Waals surface area contributed by atoms with E-state index >= 15 is 0 Å². The molecule has 1 heterocycles. The minimum Gasteiger partial charge on any atom is -0.497 e. The number of methoxy groups -OCH3 is 2. The SMILES string of the molecule is COc1cc(NC(=O)Cc2csc(-c3ccc(C)cc3)n2)cc(OC)c1. The average Bonchev–Trinajstić information content (AvgIpc) is 3.10. The molecule has 6 heteroatoms. The van der Waals surface area contributed by atoms with Crippen LogP contribution in [-0.4, -0.2) is 25.1 Å². The maximum Gasteiger partial charge on any atom is 0.230 e. The highest BCUT2D eigenvalue weighted by Crippen LogP contribution is 2.27. The summed E-state index contributed by atoms with van der Waals surface area (Å²) in [5.74, 6) is 1.10. The van der Waals surface area contributed by atoms with Crippen LogP contribution in [0.2, 0.25) is 0 Å². The molecule has 1 amide bonds. The molecule has 26 heavy (non-hydrogen) atoms. The zero-order chi connectivity index (χ0) is 18.5. The van der Waals surface area contributed by atoms with Crippen molar-refractivity contribution < 1.29 is 14.3 Å². The van der Waals surface area contributed by atoms with E-state index in [1.807, 2.05) is 17.5 Å². The number of nitrogens with one attached hydrogen (secondary N) is 1. The summed E-state index contributed by atoms with van der Waals surface area (Å²) in [5, 5.41) is 5.69. The monoisotopic (exact) mass is 368 g/mol. The zero-order valence-corrected chi connectivity index (χ0v) is 15.7. The van der Waals surface area contributed by atoms with Crippen LogP contribution in [0.15, 0.2) is 47.8 Å². The molecule has 134 valence electrons. The molecule has 0 saturated carbocycles. The third kappa shape index (κ3) is 4.40. The summed E-state index contributed by atoms with van der Waals surface area (Å²) in [7, 11) is 3.14. The predicted molar refractivity (Wildman–Crippen MR) is 104 cm³/mol. The Kier molecular flexibility index (Phi) is 5.53. The number of amides is 1. The first-order valence-electron chi connectivity index (χ1n) is 8.12. The van der Waals surface area contributed by atoms with Gasteiger partial charge in [0.05, 0.1) is 26.3 Å². The van der Waals surface area contributed by atoms with E-state index in [-0.39, 0.29) is 12.3 Å². The summed E-state index contributed by atoms with van der Waals surface area (Å²) in [4.78, 5) is 16.9. The summed E-state index contributed by atoms with van der Waals surface area (Å²) >= 11 is 1.54. The van der Waals surface area contributed by atoms with Gasteiger partial charge < -0.3 is 14.8 Å². The minimum absolute atomic E-state index is 0.138. The quantitative estimate of drug-likeness (QED) is 0.704. The van der Waals surface area contributed by atoms with Crippen LogP contribution in [0, 0.1) is 6.92 Å². The molecule has 2 aromatic carbocycles. The number of benzene rings is 2. The van der Waals surface area contributed by atoms with Gasteiger partial charge in [0.1, 0.15) is 16.5 Å². The molecule has 0 radical (unpaired) electrons. The minimum atomic E-state index is -0.138. The number of ether oxygens (including phenoxy) is 2.